The molecule has 0 radical (unpaired) electrons. The van der Waals surface area contributed by atoms with Crippen LogP contribution in [-0.2, 0) is 25.4 Å². The predicted octanol–water partition coefficient (Wildman–Crippen LogP) is 6.03. The zero-order valence-corrected chi connectivity index (χ0v) is 21.6. The van der Waals surface area contributed by atoms with E-state index in [-0.39, 0.29) is 12.7 Å². The fourth-order valence-electron chi connectivity index (χ4n) is 3.84. The van der Waals surface area contributed by atoms with E-state index in [2.05, 4.69) is 4.98 Å². The van der Waals surface area contributed by atoms with Crippen LogP contribution in [0.25, 0.3) is 10.8 Å². The maximum absolute atomic E-state index is 14.0. The molecule has 1 heterocycles. The van der Waals surface area contributed by atoms with Gasteiger partial charge in [0.25, 0.3) is 0 Å². The molecule has 0 N–H and O–H groups in total. The monoisotopic (exact) mass is 490 g/mol. The second-order valence-electron chi connectivity index (χ2n) is 9.40. The molecule has 0 fully saturated rings. The third kappa shape index (κ3) is 6.99. The SMILES string of the molecule is COCOC/C=C\Cc1cnccc1N(C(=O)OC(C)(C)C)C(=O)C(C)c1cccc2ccccc12. The maximum atomic E-state index is 14.0. The summed E-state index contributed by atoms with van der Waals surface area (Å²) < 4.78 is 15.8. The first-order valence-electron chi connectivity index (χ1n) is 11.9. The van der Waals surface area contributed by atoms with Gasteiger partial charge in [0.15, 0.2) is 0 Å². The molecule has 0 saturated carbocycles. The van der Waals surface area contributed by atoms with Crippen molar-refractivity contribution in [2.75, 3.05) is 25.4 Å². The molecule has 1 aromatic heterocycles. The van der Waals surface area contributed by atoms with Gasteiger partial charge in [-0.15, -0.1) is 0 Å². The zero-order valence-electron chi connectivity index (χ0n) is 21.6. The second kappa shape index (κ2) is 12.4. The minimum Gasteiger partial charge on any atom is -0.443 e. The molecule has 0 bridgehead atoms. The number of methoxy groups -OCH3 is 1. The lowest BCUT2D eigenvalue weighted by atomic mass is 9.93. The topological polar surface area (TPSA) is 78.0 Å². The van der Waals surface area contributed by atoms with Crippen LogP contribution in [0, 0.1) is 0 Å². The molecule has 1 unspecified atom stereocenters. The van der Waals surface area contributed by atoms with Crippen molar-refractivity contribution in [3.8, 4) is 0 Å². The number of hydrogen-bond donors (Lipinski definition) is 0. The minimum absolute atomic E-state index is 0.204. The highest BCUT2D eigenvalue weighted by atomic mass is 16.7. The molecule has 0 saturated heterocycles. The van der Waals surface area contributed by atoms with Crippen molar-refractivity contribution in [3.63, 3.8) is 0 Å². The first kappa shape index (κ1) is 27.0. The summed E-state index contributed by atoms with van der Waals surface area (Å²) in [6.07, 6.45) is 6.71. The number of allylic oxidation sites excluding steroid dienone is 1. The van der Waals surface area contributed by atoms with Crippen LogP contribution < -0.4 is 4.90 Å². The number of anilines is 1. The fourth-order valence-corrected chi connectivity index (χ4v) is 3.84. The Balaban J connectivity index is 1.98. The summed E-state index contributed by atoms with van der Waals surface area (Å²) >= 11 is 0. The molecule has 0 spiro atoms. The van der Waals surface area contributed by atoms with Crippen LogP contribution in [0.2, 0.25) is 0 Å². The maximum Gasteiger partial charge on any atom is 0.421 e. The average molecular weight is 491 g/mol. The number of hydrogen-bond acceptors (Lipinski definition) is 6. The van der Waals surface area contributed by atoms with Gasteiger partial charge in [-0.05, 0) is 62.1 Å². The van der Waals surface area contributed by atoms with E-state index in [0.717, 1.165) is 21.2 Å². The summed E-state index contributed by atoms with van der Waals surface area (Å²) in [6.45, 7) is 7.73. The number of ether oxygens (including phenoxy) is 3. The lowest BCUT2D eigenvalue weighted by Gasteiger charge is -2.29. The smallest absolute Gasteiger partial charge is 0.421 e. The van der Waals surface area contributed by atoms with Crippen molar-refractivity contribution >= 4 is 28.5 Å². The summed E-state index contributed by atoms with van der Waals surface area (Å²) in [4.78, 5) is 32.7. The number of benzene rings is 2. The number of carbonyl (C=O) groups is 2. The van der Waals surface area contributed by atoms with Gasteiger partial charge in [-0.1, -0.05) is 54.6 Å². The third-order valence-electron chi connectivity index (χ3n) is 5.50. The van der Waals surface area contributed by atoms with E-state index in [1.54, 1.807) is 46.3 Å². The molecular weight excluding hydrogens is 456 g/mol. The van der Waals surface area contributed by atoms with Gasteiger partial charge in [0, 0.05) is 19.5 Å². The van der Waals surface area contributed by atoms with Gasteiger partial charge in [0.05, 0.1) is 18.2 Å². The van der Waals surface area contributed by atoms with Crippen molar-refractivity contribution < 1.29 is 23.8 Å². The van der Waals surface area contributed by atoms with Gasteiger partial charge in [0.2, 0.25) is 5.91 Å². The van der Waals surface area contributed by atoms with Crippen molar-refractivity contribution in [1.29, 1.82) is 0 Å². The first-order valence-corrected chi connectivity index (χ1v) is 11.9. The number of pyridine rings is 1. The van der Waals surface area contributed by atoms with Crippen LogP contribution in [-0.4, -0.2) is 43.1 Å². The van der Waals surface area contributed by atoms with Gasteiger partial charge in [0.1, 0.15) is 12.4 Å². The molecule has 7 nitrogen and oxygen atoms in total. The van der Waals surface area contributed by atoms with Crippen LogP contribution in [0.3, 0.4) is 0 Å². The van der Waals surface area contributed by atoms with E-state index in [1.807, 2.05) is 61.5 Å². The third-order valence-corrected chi connectivity index (χ3v) is 5.50. The van der Waals surface area contributed by atoms with Crippen LogP contribution >= 0.6 is 0 Å². The molecule has 0 aliphatic heterocycles. The standard InChI is InChI=1S/C29H34N2O5/c1-21(24-15-10-13-22-11-6-7-14-25(22)24)27(32)31(28(33)36-29(2,3)4)26-16-17-30-19-23(26)12-8-9-18-35-20-34-5/h6-11,13-17,19,21H,12,18,20H2,1-5H3/b9-8-. The number of nitrogens with zero attached hydrogens (tertiary/aromatic N) is 2. The number of fused-ring (bicyclic) bond motifs is 1. The highest BCUT2D eigenvalue weighted by molar-refractivity contribution is 6.15. The highest BCUT2D eigenvalue weighted by Crippen LogP contribution is 2.31. The van der Waals surface area contributed by atoms with Gasteiger partial charge < -0.3 is 14.2 Å². The number of amides is 2. The summed E-state index contributed by atoms with van der Waals surface area (Å²) in [5.41, 5.74) is 1.23. The summed E-state index contributed by atoms with van der Waals surface area (Å²) in [5.74, 6) is -0.969. The van der Waals surface area contributed by atoms with Crippen LogP contribution in [0.5, 0.6) is 0 Å². The lowest BCUT2D eigenvalue weighted by Crippen LogP contribution is -2.43. The van der Waals surface area contributed by atoms with E-state index in [4.69, 9.17) is 14.2 Å². The van der Waals surface area contributed by atoms with Crippen LogP contribution in [0.4, 0.5) is 10.5 Å². The molecule has 3 rings (SSSR count). The molecule has 2 aromatic carbocycles. The van der Waals surface area contributed by atoms with Gasteiger partial charge in [-0.3, -0.25) is 9.78 Å². The van der Waals surface area contributed by atoms with Crippen LogP contribution in [0.1, 0.15) is 44.7 Å². The number of aromatic nitrogens is 1. The Kier molecular flexibility index (Phi) is 9.33. The molecule has 7 heteroatoms. The van der Waals surface area contributed by atoms with E-state index < -0.39 is 17.6 Å². The molecule has 0 aliphatic rings. The highest BCUT2D eigenvalue weighted by Gasteiger charge is 2.34. The largest absolute Gasteiger partial charge is 0.443 e. The molecule has 2 amide bonds. The van der Waals surface area contributed by atoms with Crippen molar-refractivity contribution in [2.24, 2.45) is 0 Å². The lowest BCUT2D eigenvalue weighted by molar-refractivity contribution is -0.119. The molecule has 190 valence electrons. The minimum atomic E-state index is -0.774. The fraction of sp³-hybridized carbons (Fsp3) is 0.345. The molecule has 1 atom stereocenters. The van der Waals surface area contributed by atoms with Gasteiger partial charge in [-0.25, -0.2) is 9.69 Å². The summed E-state index contributed by atoms with van der Waals surface area (Å²) in [6, 6.07) is 15.4. The Hall–Kier alpha value is -3.55. The Morgan fingerprint density at radius 2 is 1.81 bits per heavy atom. The van der Waals surface area contributed by atoms with Gasteiger partial charge in [-0.2, -0.15) is 0 Å². The molecule has 0 aliphatic carbocycles. The molecule has 3 aromatic rings. The Morgan fingerprint density at radius 3 is 2.56 bits per heavy atom. The Labute approximate surface area is 212 Å². The second-order valence-corrected chi connectivity index (χ2v) is 9.40. The first-order chi connectivity index (χ1) is 17.2. The average Bonchev–Trinajstić information content (AvgIpc) is 2.85. The van der Waals surface area contributed by atoms with Crippen molar-refractivity contribution in [2.45, 2.75) is 45.6 Å². The quantitative estimate of drug-likeness (QED) is 0.207. The van der Waals surface area contributed by atoms with Crippen LogP contribution in [0.15, 0.2) is 73.1 Å². The number of imide groups is 1. The summed E-state index contributed by atoms with van der Waals surface area (Å²) in [7, 11) is 1.56. The predicted molar refractivity (Wildman–Crippen MR) is 141 cm³/mol. The van der Waals surface area contributed by atoms with E-state index >= 15 is 0 Å². The Morgan fingerprint density at radius 1 is 1.06 bits per heavy atom. The van der Waals surface area contributed by atoms with Gasteiger partial charge >= 0.3 is 6.09 Å². The molecular formula is C29H34N2O5. The Bertz CT molecular complexity index is 1210. The van der Waals surface area contributed by atoms with Crippen molar-refractivity contribution in [1.82, 2.24) is 4.98 Å². The normalized spacial score (nSPS) is 12.6. The van der Waals surface area contributed by atoms with E-state index in [1.165, 1.54) is 0 Å². The van der Waals surface area contributed by atoms with E-state index in [0.29, 0.717) is 24.3 Å². The van der Waals surface area contributed by atoms with E-state index in [9.17, 15) is 9.59 Å². The number of rotatable bonds is 9. The molecule has 36 heavy (non-hydrogen) atoms. The number of carbonyl (C=O) groups excluding carboxylic acids is 2. The zero-order chi connectivity index (χ0) is 26.1. The summed E-state index contributed by atoms with van der Waals surface area (Å²) in [5, 5.41) is 2.00. The van der Waals surface area contributed by atoms with Crippen molar-refractivity contribution in [3.05, 3.63) is 84.2 Å².